The lowest BCUT2D eigenvalue weighted by Gasteiger charge is -2.30. The summed E-state index contributed by atoms with van der Waals surface area (Å²) in [6, 6.07) is 0. The maximum atomic E-state index is 11.9. The van der Waals surface area contributed by atoms with Crippen LogP contribution in [0.25, 0.3) is 0 Å². The van der Waals surface area contributed by atoms with Crippen LogP contribution in [0.3, 0.4) is 0 Å². The summed E-state index contributed by atoms with van der Waals surface area (Å²) < 4.78 is 10.7. The molecular formula is C16H34N2O3. The summed E-state index contributed by atoms with van der Waals surface area (Å²) in [5.74, 6) is 0.984. The summed E-state index contributed by atoms with van der Waals surface area (Å²) in [5, 5.41) is 3.01. The van der Waals surface area contributed by atoms with E-state index < -0.39 is 0 Å². The molecule has 1 aliphatic rings. The molecule has 0 spiro atoms. The zero-order valence-corrected chi connectivity index (χ0v) is 14.3. The average molecular weight is 302 g/mol. The van der Waals surface area contributed by atoms with Crippen LogP contribution in [-0.2, 0) is 14.3 Å². The third kappa shape index (κ3) is 10.7. The average Bonchev–Trinajstić information content (AvgIpc) is 2.52. The molecule has 0 saturated carbocycles. The summed E-state index contributed by atoms with van der Waals surface area (Å²) in [4.78, 5) is 13.9. The third-order valence-corrected chi connectivity index (χ3v) is 3.47. The van der Waals surface area contributed by atoms with Gasteiger partial charge in [-0.1, -0.05) is 20.8 Å². The number of nitrogens with one attached hydrogen (secondary N) is 1. The van der Waals surface area contributed by atoms with Crippen molar-refractivity contribution >= 4 is 5.91 Å². The van der Waals surface area contributed by atoms with E-state index in [0.717, 1.165) is 38.4 Å². The van der Waals surface area contributed by atoms with Gasteiger partial charge in [0.1, 0.15) is 0 Å². The van der Waals surface area contributed by atoms with Gasteiger partial charge in [0.25, 0.3) is 0 Å². The van der Waals surface area contributed by atoms with Gasteiger partial charge >= 0.3 is 0 Å². The van der Waals surface area contributed by atoms with E-state index in [1.165, 1.54) is 0 Å². The number of rotatable bonds is 9. The van der Waals surface area contributed by atoms with Crippen LogP contribution in [0.4, 0.5) is 0 Å². The van der Waals surface area contributed by atoms with E-state index >= 15 is 0 Å². The number of likely N-dealkylation sites (tertiary alicyclic amines) is 1. The monoisotopic (exact) mass is 302 g/mol. The Kier molecular flexibility index (Phi) is 13.9. The van der Waals surface area contributed by atoms with Crippen molar-refractivity contribution in [1.29, 1.82) is 0 Å². The van der Waals surface area contributed by atoms with Gasteiger partial charge in [-0.25, -0.2) is 0 Å². The Morgan fingerprint density at radius 1 is 1.10 bits per heavy atom. The molecule has 0 aromatic rings. The first kappa shape index (κ1) is 20.3. The number of piperidine rings is 1. The van der Waals surface area contributed by atoms with Crippen LogP contribution in [0.1, 0.15) is 40.0 Å². The molecule has 0 aliphatic carbocycles. The molecule has 1 rings (SSSR count). The standard InChI is InChI=1S/C14H28N2O3.C2H6/c1-13-3-7-16(8-4-13)14(17)5-9-18-11-12-19-10-6-15-2;1-2/h13,15H,3-12H2,1-2H3;1-2H3. The molecular weight excluding hydrogens is 268 g/mol. The first-order valence-electron chi connectivity index (χ1n) is 8.32. The molecule has 5 nitrogen and oxygen atoms in total. The van der Waals surface area contributed by atoms with Crippen LogP contribution in [-0.4, -0.2) is 63.9 Å². The fourth-order valence-electron chi connectivity index (χ4n) is 2.07. The van der Waals surface area contributed by atoms with Crippen molar-refractivity contribution in [3.8, 4) is 0 Å². The number of carbonyl (C=O) groups is 1. The van der Waals surface area contributed by atoms with Crippen molar-refractivity contribution in [3.63, 3.8) is 0 Å². The molecule has 0 unspecified atom stereocenters. The van der Waals surface area contributed by atoms with E-state index in [-0.39, 0.29) is 5.91 Å². The Morgan fingerprint density at radius 3 is 2.24 bits per heavy atom. The van der Waals surface area contributed by atoms with E-state index in [4.69, 9.17) is 9.47 Å². The first-order valence-corrected chi connectivity index (χ1v) is 8.32. The highest BCUT2D eigenvalue weighted by Gasteiger charge is 2.19. The van der Waals surface area contributed by atoms with Gasteiger partial charge in [-0.2, -0.15) is 0 Å². The number of carbonyl (C=O) groups excluding carboxylic acids is 1. The molecule has 0 aromatic heterocycles. The molecule has 5 heteroatoms. The van der Waals surface area contributed by atoms with E-state index in [1.807, 2.05) is 25.8 Å². The lowest BCUT2D eigenvalue weighted by molar-refractivity contribution is -0.133. The van der Waals surface area contributed by atoms with Crippen molar-refractivity contribution in [2.75, 3.05) is 53.1 Å². The van der Waals surface area contributed by atoms with Crippen molar-refractivity contribution in [3.05, 3.63) is 0 Å². The summed E-state index contributed by atoms with van der Waals surface area (Å²) >= 11 is 0. The zero-order valence-electron chi connectivity index (χ0n) is 14.3. The number of ether oxygens (including phenoxy) is 2. The zero-order chi connectivity index (χ0) is 15.9. The van der Waals surface area contributed by atoms with E-state index in [0.29, 0.717) is 32.8 Å². The third-order valence-electron chi connectivity index (χ3n) is 3.47. The van der Waals surface area contributed by atoms with E-state index in [1.54, 1.807) is 0 Å². The molecule has 126 valence electrons. The molecule has 1 N–H and O–H groups in total. The van der Waals surface area contributed by atoms with Crippen LogP contribution in [0.15, 0.2) is 0 Å². The van der Waals surface area contributed by atoms with Gasteiger partial charge in [-0.15, -0.1) is 0 Å². The van der Waals surface area contributed by atoms with Crippen LogP contribution in [0, 0.1) is 5.92 Å². The van der Waals surface area contributed by atoms with Crippen LogP contribution in [0.5, 0.6) is 0 Å². The van der Waals surface area contributed by atoms with Crippen molar-refractivity contribution in [2.45, 2.75) is 40.0 Å². The second-order valence-corrected chi connectivity index (χ2v) is 5.14. The molecule has 1 amide bonds. The minimum atomic E-state index is 0.225. The Morgan fingerprint density at radius 2 is 1.67 bits per heavy atom. The Balaban J connectivity index is 0.00000191. The highest BCUT2D eigenvalue weighted by molar-refractivity contribution is 5.76. The normalized spacial score (nSPS) is 15.5. The number of amides is 1. The summed E-state index contributed by atoms with van der Waals surface area (Å²) in [6.45, 7) is 11.3. The van der Waals surface area contributed by atoms with Gasteiger partial charge in [0.05, 0.1) is 32.8 Å². The van der Waals surface area contributed by atoms with Crippen molar-refractivity contribution < 1.29 is 14.3 Å². The minimum absolute atomic E-state index is 0.225. The van der Waals surface area contributed by atoms with Crippen LogP contribution >= 0.6 is 0 Å². The van der Waals surface area contributed by atoms with Gasteiger partial charge in [-0.3, -0.25) is 4.79 Å². The second-order valence-electron chi connectivity index (χ2n) is 5.14. The molecule has 0 atom stereocenters. The highest BCUT2D eigenvalue weighted by atomic mass is 16.5. The van der Waals surface area contributed by atoms with E-state index in [2.05, 4.69) is 12.2 Å². The lowest BCUT2D eigenvalue weighted by Crippen LogP contribution is -2.38. The maximum absolute atomic E-state index is 11.9. The molecule has 1 saturated heterocycles. The summed E-state index contributed by atoms with van der Waals surface area (Å²) in [6.07, 6.45) is 2.75. The maximum Gasteiger partial charge on any atom is 0.224 e. The summed E-state index contributed by atoms with van der Waals surface area (Å²) in [7, 11) is 1.90. The van der Waals surface area contributed by atoms with Crippen LogP contribution in [0.2, 0.25) is 0 Å². The minimum Gasteiger partial charge on any atom is -0.379 e. The Bertz CT molecular complexity index is 242. The second kappa shape index (κ2) is 14.3. The molecule has 0 radical (unpaired) electrons. The fraction of sp³-hybridized carbons (Fsp3) is 0.938. The molecule has 1 heterocycles. The first-order chi connectivity index (χ1) is 10.2. The Labute approximate surface area is 130 Å². The van der Waals surface area contributed by atoms with Gasteiger partial charge < -0.3 is 19.7 Å². The molecule has 0 aromatic carbocycles. The number of hydrogen-bond acceptors (Lipinski definition) is 4. The SMILES string of the molecule is CC.CNCCOCCOCCC(=O)N1CCC(C)CC1. The van der Waals surface area contributed by atoms with Gasteiger partial charge in [0.2, 0.25) is 5.91 Å². The number of hydrogen-bond donors (Lipinski definition) is 1. The lowest BCUT2D eigenvalue weighted by atomic mass is 9.99. The predicted molar refractivity (Wildman–Crippen MR) is 86.5 cm³/mol. The smallest absolute Gasteiger partial charge is 0.224 e. The van der Waals surface area contributed by atoms with E-state index in [9.17, 15) is 4.79 Å². The van der Waals surface area contributed by atoms with Gasteiger partial charge in [-0.05, 0) is 25.8 Å². The molecule has 21 heavy (non-hydrogen) atoms. The van der Waals surface area contributed by atoms with Crippen molar-refractivity contribution in [2.24, 2.45) is 5.92 Å². The fourth-order valence-corrected chi connectivity index (χ4v) is 2.07. The van der Waals surface area contributed by atoms with Crippen molar-refractivity contribution in [1.82, 2.24) is 10.2 Å². The summed E-state index contributed by atoms with van der Waals surface area (Å²) in [5.41, 5.74) is 0. The molecule has 1 fully saturated rings. The predicted octanol–water partition coefficient (Wildman–Crippen LogP) is 1.91. The number of nitrogens with zero attached hydrogens (tertiary/aromatic N) is 1. The topological polar surface area (TPSA) is 50.8 Å². The Hall–Kier alpha value is -0.650. The largest absolute Gasteiger partial charge is 0.379 e. The molecule has 1 aliphatic heterocycles. The van der Waals surface area contributed by atoms with Gasteiger partial charge in [0.15, 0.2) is 0 Å². The van der Waals surface area contributed by atoms with Crippen LogP contribution < -0.4 is 5.32 Å². The quantitative estimate of drug-likeness (QED) is 0.661. The van der Waals surface area contributed by atoms with Gasteiger partial charge in [0, 0.05) is 19.6 Å². The number of likely N-dealkylation sites (N-methyl/N-ethyl adjacent to an activating group) is 1. The molecule has 0 bridgehead atoms. The highest BCUT2D eigenvalue weighted by Crippen LogP contribution is 2.16.